The van der Waals surface area contributed by atoms with Gasteiger partial charge in [0.25, 0.3) is 8.53 Å². The van der Waals surface area contributed by atoms with Crippen LogP contribution in [0.25, 0.3) is 0 Å². The van der Waals surface area contributed by atoms with E-state index in [0.717, 1.165) is 35.5 Å². The zero-order chi connectivity index (χ0) is 20.9. The quantitative estimate of drug-likeness (QED) is 0.385. The summed E-state index contributed by atoms with van der Waals surface area (Å²) < 4.78 is 17.1. The van der Waals surface area contributed by atoms with Crippen LogP contribution in [0.5, 0.6) is 0 Å². The van der Waals surface area contributed by atoms with Gasteiger partial charge in [0, 0.05) is 12.1 Å². The minimum atomic E-state index is -0.898. The van der Waals surface area contributed by atoms with E-state index in [2.05, 4.69) is 18.5 Å². The van der Waals surface area contributed by atoms with Crippen molar-refractivity contribution in [3.63, 3.8) is 0 Å². The van der Waals surface area contributed by atoms with Gasteiger partial charge in [0.05, 0.1) is 12.2 Å². The highest BCUT2D eigenvalue weighted by atomic mass is 31.2. The number of rotatable bonds is 1. The SMILES string of the molecule is C[C@@H]1CCC[C@H](C)N1P1OC2CCC3CCCCC3C2C2C(CCC3CCCCC32)O1. The maximum atomic E-state index is 7.18. The Balaban J connectivity index is 1.35. The Hall–Kier alpha value is 0.310. The molecule has 6 rings (SSSR count). The second-order valence-electron chi connectivity index (χ2n) is 12.3. The molecule has 2 saturated heterocycles. The van der Waals surface area contributed by atoms with Gasteiger partial charge in [0.2, 0.25) is 0 Å². The molecule has 31 heavy (non-hydrogen) atoms. The van der Waals surface area contributed by atoms with Crippen molar-refractivity contribution in [1.82, 2.24) is 4.67 Å². The van der Waals surface area contributed by atoms with Gasteiger partial charge in [0.1, 0.15) is 0 Å². The average Bonchev–Trinajstić information content (AvgIpc) is 2.96. The second-order valence-corrected chi connectivity index (χ2v) is 13.6. The van der Waals surface area contributed by atoms with Crippen molar-refractivity contribution in [3.8, 4) is 0 Å². The lowest BCUT2D eigenvalue weighted by atomic mass is 9.53. The molecule has 0 amide bonds. The fourth-order valence-corrected chi connectivity index (χ4v) is 11.4. The first-order chi connectivity index (χ1) is 15.2. The van der Waals surface area contributed by atoms with Crippen LogP contribution < -0.4 is 0 Å². The molecule has 0 spiro atoms. The van der Waals surface area contributed by atoms with Gasteiger partial charge in [-0.2, -0.15) is 0 Å². The van der Waals surface area contributed by atoms with E-state index in [4.69, 9.17) is 9.05 Å². The first-order valence-electron chi connectivity index (χ1n) is 14.1. The molecule has 0 aromatic heterocycles. The van der Waals surface area contributed by atoms with Crippen LogP contribution in [0.4, 0.5) is 0 Å². The molecular weight excluding hydrogens is 401 g/mol. The van der Waals surface area contributed by atoms with Crippen LogP contribution in [0.2, 0.25) is 0 Å². The zero-order valence-corrected chi connectivity index (χ0v) is 21.0. The van der Waals surface area contributed by atoms with Crippen molar-refractivity contribution in [1.29, 1.82) is 0 Å². The molecule has 10 atom stereocenters. The number of fused-ring (bicyclic) bond motifs is 7. The summed E-state index contributed by atoms with van der Waals surface area (Å²) in [4.78, 5) is 0. The third kappa shape index (κ3) is 3.96. The predicted octanol–water partition coefficient (Wildman–Crippen LogP) is 7.69. The molecule has 0 radical (unpaired) electrons. The lowest BCUT2D eigenvalue weighted by Crippen LogP contribution is -2.51. The molecule has 0 bridgehead atoms. The van der Waals surface area contributed by atoms with Crippen LogP contribution in [-0.2, 0) is 9.05 Å². The molecule has 0 N–H and O–H groups in total. The van der Waals surface area contributed by atoms with Crippen molar-refractivity contribution >= 4 is 8.53 Å². The van der Waals surface area contributed by atoms with Gasteiger partial charge in [-0.15, -0.1) is 0 Å². The van der Waals surface area contributed by atoms with Crippen molar-refractivity contribution < 1.29 is 9.05 Å². The summed E-state index contributed by atoms with van der Waals surface area (Å²) in [6, 6.07) is 1.23. The molecule has 4 aliphatic carbocycles. The molecule has 3 nitrogen and oxygen atoms in total. The molecule has 2 heterocycles. The smallest absolute Gasteiger partial charge is 0.259 e. The fourth-order valence-electron chi connectivity index (χ4n) is 9.30. The highest BCUT2D eigenvalue weighted by Gasteiger charge is 2.56. The van der Waals surface area contributed by atoms with Crippen molar-refractivity contribution in [2.75, 3.05) is 0 Å². The summed E-state index contributed by atoms with van der Waals surface area (Å²) in [7, 11) is -0.898. The van der Waals surface area contributed by atoms with Crippen LogP contribution in [-0.4, -0.2) is 29.0 Å². The lowest BCUT2D eigenvalue weighted by Gasteiger charge is -2.53. The Morgan fingerprint density at radius 1 is 0.548 bits per heavy atom. The largest absolute Gasteiger partial charge is 0.318 e. The number of nitrogens with zero attached hydrogens (tertiary/aromatic N) is 1. The minimum absolute atomic E-state index is 0.475. The Morgan fingerprint density at radius 3 is 1.55 bits per heavy atom. The third-order valence-corrected chi connectivity index (χ3v) is 12.7. The summed E-state index contributed by atoms with van der Waals surface area (Å²) in [5.74, 6) is 5.40. The van der Waals surface area contributed by atoms with E-state index in [1.54, 1.807) is 0 Å². The molecule has 0 aromatic carbocycles. The Morgan fingerprint density at radius 2 is 1.03 bits per heavy atom. The molecular formula is C27H46NO2P. The standard InChI is InChI=1S/C27H46NO2P/c1-18-8-7-9-19(2)28(18)31-29-24-16-14-20-10-3-5-12-22(20)26(24)27-23-13-6-4-11-21(23)15-17-25(27)30-31/h18-27H,3-17H2,1-2H3/t18-,19+,20?,21?,22?,23?,24?,25?,26?,27?,31?. The summed E-state index contributed by atoms with van der Waals surface area (Å²) in [5, 5.41) is 0. The van der Waals surface area contributed by atoms with Crippen LogP contribution in [0.3, 0.4) is 0 Å². The van der Waals surface area contributed by atoms with E-state index in [9.17, 15) is 0 Å². The van der Waals surface area contributed by atoms with E-state index in [1.165, 1.54) is 96.3 Å². The topological polar surface area (TPSA) is 21.7 Å². The van der Waals surface area contributed by atoms with Crippen molar-refractivity contribution in [3.05, 3.63) is 0 Å². The highest BCUT2D eigenvalue weighted by Crippen LogP contribution is 2.63. The Labute approximate surface area is 192 Å². The van der Waals surface area contributed by atoms with Gasteiger partial charge in [-0.05, 0) is 101 Å². The zero-order valence-electron chi connectivity index (χ0n) is 20.1. The first-order valence-corrected chi connectivity index (χ1v) is 15.3. The van der Waals surface area contributed by atoms with E-state index in [-0.39, 0.29) is 0 Å². The summed E-state index contributed by atoms with van der Waals surface area (Å²) in [6.07, 6.45) is 22.2. The first kappa shape index (κ1) is 21.8. The van der Waals surface area contributed by atoms with E-state index >= 15 is 0 Å². The van der Waals surface area contributed by atoms with Crippen molar-refractivity contribution in [2.45, 2.75) is 134 Å². The van der Waals surface area contributed by atoms with E-state index in [0.29, 0.717) is 24.3 Å². The van der Waals surface area contributed by atoms with Gasteiger partial charge in [0.15, 0.2) is 0 Å². The molecule has 2 aliphatic heterocycles. The van der Waals surface area contributed by atoms with Crippen LogP contribution in [0.15, 0.2) is 0 Å². The molecule has 4 saturated carbocycles. The van der Waals surface area contributed by atoms with Gasteiger partial charge >= 0.3 is 0 Å². The molecule has 8 unspecified atom stereocenters. The second kappa shape index (κ2) is 9.16. The Bertz CT molecular complexity index is 580. The van der Waals surface area contributed by atoms with Gasteiger partial charge in [-0.3, -0.25) is 0 Å². The van der Waals surface area contributed by atoms with E-state index in [1.807, 2.05) is 0 Å². The normalized spacial score (nSPS) is 53.4. The van der Waals surface area contributed by atoms with Crippen molar-refractivity contribution in [2.24, 2.45) is 35.5 Å². The highest BCUT2D eigenvalue weighted by molar-refractivity contribution is 7.44. The monoisotopic (exact) mass is 447 g/mol. The maximum Gasteiger partial charge on any atom is 0.259 e. The number of hydrogen-bond donors (Lipinski definition) is 0. The van der Waals surface area contributed by atoms with Crippen LogP contribution in [0.1, 0.15) is 110 Å². The summed E-state index contributed by atoms with van der Waals surface area (Å²) >= 11 is 0. The van der Waals surface area contributed by atoms with E-state index < -0.39 is 8.53 Å². The lowest BCUT2D eigenvalue weighted by molar-refractivity contribution is -0.0856. The Kier molecular flexibility index (Phi) is 6.45. The third-order valence-electron chi connectivity index (χ3n) is 10.7. The van der Waals surface area contributed by atoms with Gasteiger partial charge in [-0.25, -0.2) is 4.67 Å². The fraction of sp³-hybridized carbons (Fsp3) is 1.00. The number of hydrogen-bond acceptors (Lipinski definition) is 3. The van der Waals surface area contributed by atoms with Crippen LogP contribution in [0, 0.1) is 35.5 Å². The number of piperidine rings is 1. The summed E-state index contributed by atoms with van der Waals surface area (Å²) in [5.41, 5.74) is 0. The average molecular weight is 448 g/mol. The predicted molar refractivity (Wildman–Crippen MR) is 128 cm³/mol. The molecule has 6 fully saturated rings. The summed E-state index contributed by atoms with van der Waals surface area (Å²) in [6.45, 7) is 4.86. The minimum Gasteiger partial charge on any atom is -0.318 e. The maximum absolute atomic E-state index is 7.18. The van der Waals surface area contributed by atoms with Crippen LogP contribution >= 0.6 is 8.53 Å². The van der Waals surface area contributed by atoms with Gasteiger partial charge < -0.3 is 9.05 Å². The molecule has 4 heteroatoms. The molecule has 176 valence electrons. The molecule has 6 aliphatic rings. The van der Waals surface area contributed by atoms with Gasteiger partial charge in [-0.1, -0.05) is 44.9 Å². The molecule has 0 aromatic rings.